The summed E-state index contributed by atoms with van der Waals surface area (Å²) in [6, 6.07) is 9.06. The summed E-state index contributed by atoms with van der Waals surface area (Å²) in [6.07, 6.45) is -0.855. The van der Waals surface area contributed by atoms with Gasteiger partial charge < -0.3 is 14.6 Å². The standard InChI is InChI=1S/C16H16BrClO3/c1-9-5-4-6-10(15(9)17)16(19)11-7-13(20-2)14(21-3)8-12(11)18/h4-8,16,19H,1-3H3. The number of benzene rings is 2. The molecule has 0 amide bonds. The molecule has 0 aliphatic carbocycles. The van der Waals surface area contributed by atoms with Crippen molar-refractivity contribution in [3.8, 4) is 11.5 Å². The highest BCUT2D eigenvalue weighted by Gasteiger charge is 2.20. The van der Waals surface area contributed by atoms with Gasteiger partial charge in [-0.1, -0.05) is 45.7 Å². The Morgan fingerprint density at radius 1 is 1.10 bits per heavy atom. The molecule has 21 heavy (non-hydrogen) atoms. The molecule has 0 heterocycles. The van der Waals surface area contributed by atoms with E-state index in [4.69, 9.17) is 21.1 Å². The molecule has 0 fully saturated rings. The summed E-state index contributed by atoms with van der Waals surface area (Å²) < 4.78 is 11.3. The molecule has 1 unspecified atom stereocenters. The Bertz CT molecular complexity index is 658. The van der Waals surface area contributed by atoms with Crippen LogP contribution in [0, 0.1) is 6.92 Å². The smallest absolute Gasteiger partial charge is 0.162 e. The van der Waals surface area contributed by atoms with Crippen molar-refractivity contribution in [2.45, 2.75) is 13.0 Å². The number of aliphatic hydroxyl groups excluding tert-OH is 1. The van der Waals surface area contributed by atoms with Crippen LogP contribution in [0.15, 0.2) is 34.8 Å². The van der Waals surface area contributed by atoms with Crippen molar-refractivity contribution in [3.05, 3.63) is 56.5 Å². The maximum atomic E-state index is 10.7. The minimum absolute atomic E-state index is 0.425. The normalized spacial score (nSPS) is 12.1. The van der Waals surface area contributed by atoms with Crippen molar-refractivity contribution < 1.29 is 14.6 Å². The number of methoxy groups -OCH3 is 2. The second-order valence-corrected chi connectivity index (χ2v) is 5.81. The number of rotatable bonds is 4. The van der Waals surface area contributed by atoms with Gasteiger partial charge in [0.25, 0.3) is 0 Å². The summed E-state index contributed by atoms with van der Waals surface area (Å²) in [4.78, 5) is 0. The molecule has 0 aromatic heterocycles. The van der Waals surface area contributed by atoms with Crippen LogP contribution in [0.2, 0.25) is 5.02 Å². The number of ether oxygens (including phenoxy) is 2. The zero-order chi connectivity index (χ0) is 15.6. The molecule has 0 radical (unpaired) electrons. The number of hydrogen-bond acceptors (Lipinski definition) is 3. The number of aryl methyl sites for hydroxylation is 1. The molecule has 0 aliphatic rings. The Balaban J connectivity index is 2.53. The van der Waals surface area contributed by atoms with Crippen molar-refractivity contribution in [1.82, 2.24) is 0 Å². The lowest BCUT2D eigenvalue weighted by Crippen LogP contribution is -2.04. The fourth-order valence-corrected chi connectivity index (χ4v) is 2.87. The summed E-state index contributed by atoms with van der Waals surface area (Å²) in [5, 5.41) is 11.1. The molecule has 0 aliphatic heterocycles. The van der Waals surface area contributed by atoms with Gasteiger partial charge in [-0.2, -0.15) is 0 Å². The van der Waals surface area contributed by atoms with E-state index >= 15 is 0 Å². The molecule has 5 heteroatoms. The van der Waals surface area contributed by atoms with Gasteiger partial charge in [-0.25, -0.2) is 0 Å². The van der Waals surface area contributed by atoms with Crippen molar-refractivity contribution in [3.63, 3.8) is 0 Å². The van der Waals surface area contributed by atoms with Gasteiger partial charge in [0.15, 0.2) is 11.5 Å². The maximum absolute atomic E-state index is 10.7. The molecule has 0 spiro atoms. The summed E-state index contributed by atoms with van der Waals surface area (Å²) in [5.41, 5.74) is 2.37. The molecular weight excluding hydrogens is 356 g/mol. The third-order valence-electron chi connectivity index (χ3n) is 3.31. The molecule has 0 saturated heterocycles. The Labute approximate surface area is 137 Å². The van der Waals surface area contributed by atoms with E-state index in [0.29, 0.717) is 22.1 Å². The van der Waals surface area contributed by atoms with E-state index in [1.54, 1.807) is 26.4 Å². The van der Waals surface area contributed by atoms with Crippen LogP contribution in [0.3, 0.4) is 0 Å². The van der Waals surface area contributed by atoms with Crippen LogP contribution >= 0.6 is 27.5 Å². The third-order valence-corrected chi connectivity index (χ3v) is 4.72. The molecule has 112 valence electrons. The van der Waals surface area contributed by atoms with Crippen molar-refractivity contribution >= 4 is 27.5 Å². The summed E-state index contributed by atoms with van der Waals surface area (Å²) >= 11 is 9.77. The van der Waals surface area contributed by atoms with Crippen LogP contribution in [0.25, 0.3) is 0 Å². The van der Waals surface area contributed by atoms with E-state index in [9.17, 15) is 5.11 Å². The average molecular weight is 372 g/mol. The second-order valence-electron chi connectivity index (χ2n) is 4.61. The first kappa shape index (κ1) is 16.1. The highest BCUT2D eigenvalue weighted by atomic mass is 79.9. The van der Waals surface area contributed by atoms with E-state index < -0.39 is 6.10 Å². The first-order chi connectivity index (χ1) is 9.99. The third kappa shape index (κ3) is 3.18. The van der Waals surface area contributed by atoms with Gasteiger partial charge in [-0.05, 0) is 24.1 Å². The highest BCUT2D eigenvalue weighted by Crippen LogP contribution is 2.39. The first-order valence-corrected chi connectivity index (χ1v) is 7.51. The van der Waals surface area contributed by atoms with Crippen LogP contribution in [0.5, 0.6) is 11.5 Å². The molecule has 0 bridgehead atoms. The van der Waals surface area contributed by atoms with Gasteiger partial charge in [-0.3, -0.25) is 0 Å². The Morgan fingerprint density at radius 3 is 2.33 bits per heavy atom. The fourth-order valence-electron chi connectivity index (χ4n) is 2.13. The lowest BCUT2D eigenvalue weighted by molar-refractivity contribution is 0.218. The van der Waals surface area contributed by atoms with E-state index in [2.05, 4.69) is 15.9 Å². The lowest BCUT2D eigenvalue weighted by Gasteiger charge is -2.18. The largest absolute Gasteiger partial charge is 0.493 e. The Hall–Kier alpha value is -1.23. The second kappa shape index (κ2) is 6.69. The monoisotopic (exact) mass is 370 g/mol. The molecule has 1 N–H and O–H groups in total. The fraction of sp³-hybridized carbons (Fsp3) is 0.250. The zero-order valence-corrected chi connectivity index (χ0v) is 14.3. The topological polar surface area (TPSA) is 38.7 Å². The first-order valence-electron chi connectivity index (χ1n) is 6.34. The summed E-state index contributed by atoms with van der Waals surface area (Å²) in [5.74, 6) is 1.06. The zero-order valence-electron chi connectivity index (χ0n) is 12.0. The lowest BCUT2D eigenvalue weighted by atomic mass is 9.99. The predicted octanol–water partition coefficient (Wildman–Crippen LogP) is 4.51. The van der Waals surface area contributed by atoms with Crippen LogP contribution in [-0.2, 0) is 0 Å². The minimum Gasteiger partial charge on any atom is -0.493 e. The van der Waals surface area contributed by atoms with Crippen molar-refractivity contribution in [1.29, 1.82) is 0 Å². The van der Waals surface area contributed by atoms with Gasteiger partial charge in [0.05, 0.1) is 19.2 Å². The summed E-state index contributed by atoms with van der Waals surface area (Å²) in [6.45, 7) is 1.97. The number of halogens is 2. The summed E-state index contributed by atoms with van der Waals surface area (Å²) in [7, 11) is 3.09. The molecule has 2 aromatic carbocycles. The quantitative estimate of drug-likeness (QED) is 0.859. The van der Waals surface area contributed by atoms with Crippen molar-refractivity contribution in [2.75, 3.05) is 14.2 Å². The van der Waals surface area contributed by atoms with Gasteiger partial charge in [0.2, 0.25) is 0 Å². The maximum Gasteiger partial charge on any atom is 0.162 e. The van der Waals surface area contributed by atoms with Crippen LogP contribution in [-0.4, -0.2) is 19.3 Å². The molecule has 2 aromatic rings. The minimum atomic E-state index is -0.855. The van der Waals surface area contributed by atoms with E-state index in [-0.39, 0.29) is 0 Å². The Kier molecular flexibility index (Phi) is 5.14. The van der Waals surface area contributed by atoms with Gasteiger partial charge in [0, 0.05) is 16.1 Å². The van der Waals surface area contributed by atoms with Gasteiger partial charge in [0.1, 0.15) is 6.10 Å². The predicted molar refractivity (Wildman–Crippen MR) is 87.5 cm³/mol. The highest BCUT2D eigenvalue weighted by molar-refractivity contribution is 9.10. The van der Waals surface area contributed by atoms with Gasteiger partial charge >= 0.3 is 0 Å². The van der Waals surface area contributed by atoms with E-state index in [1.165, 1.54) is 0 Å². The van der Waals surface area contributed by atoms with E-state index in [1.807, 2.05) is 25.1 Å². The van der Waals surface area contributed by atoms with Crippen LogP contribution in [0.1, 0.15) is 22.8 Å². The Morgan fingerprint density at radius 2 is 1.71 bits per heavy atom. The number of aliphatic hydroxyl groups is 1. The molecule has 1 atom stereocenters. The average Bonchev–Trinajstić information content (AvgIpc) is 2.49. The number of hydrogen-bond donors (Lipinski definition) is 1. The molecular formula is C16H16BrClO3. The molecule has 0 saturated carbocycles. The van der Waals surface area contributed by atoms with Crippen LogP contribution in [0.4, 0.5) is 0 Å². The van der Waals surface area contributed by atoms with E-state index in [0.717, 1.165) is 15.6 Å². The van der Waals surface area contributed by atoms with Crippen molar-refractivity contribution in [2.24, 2.45) is 0 Å². The molecule has 2 rings (SSSR count). The SMILES string of the molecule is COc1cc(Cl)c(C(O)c2cccc(C)c2Br)cc1OC. The van der Waals surface area contributed by atoms with Crippen LogP contribution < -0.4 is 9.47 Å². The molecule has 3 nitrogen and oxygen atoms in total. The van der Waals surface area contributed by atoms with Gasteiger partial charge in [-0.15, -0.1) is 0 Å².